The molecule has 3 aromatic rings. The van der Waals surface area contributed by atoms with Crippen LogP contribution in [-0.2, 0) is 11.3 Å². The van der Waals surface area contributed by atoms with Gasteiger partial charge in [-0.25, -0.2) is 4.98 Å². The van der Waals surface area contributed by atoms with E-state index in [0.717, 1.165) is 10.7 Å². The highest BCUT2D eigenvalue weighted by Gasteiger charge is 2.18. The van der Waals surface area contributed by atoms with Gasteiger partial charge >= 0.3 is 0 Å². The van der Waals surface area contributed by atoms with E-state index in [1.54, 1.807) is 47.8 Å². The minimum Gasteiger partial charge on any atom is -0.378 e. The molecule has 148 valence electrons. The lowest BCUT2D eigenvalue weighted by atomic mass is 10.1. The summed E-state index contributed by atoms with van der Waals surface area (Å²) in [6, 6.07) is 6.69. The van der Waals surface area contributed by atoms with Crippen LogP contribution in [0.25, 0.3) is 10.7 Å². The maximum atomic E-state index is 12.5. The fourth-order valence-corrected chi connectivity index (χ4v) is 3.68. The topological polar surface area (TPSA) is 97.3 Å². The van der Waals surface area contributed by atoms with Crippen molar-refractivity contribution in [2.75, 3.05) is 26.3 Å². The van der Waals surface area contributed by atoms with Crippen LogP contribution in [0.1, 0.15) is 26.4 Å². The average molecular weight is 409 g/mol. The van der Waals surface area contributed by atoms with Crippen molar-refractivity contribution in [1.82, 2.24) is 25.2 Å². The van der Waals surface area contributed by atoms with Gasteiger partial charge < -0.3 is 15.0 Å². The standard InChI is InChI=1S/C20H19N5O3S/c26-18(23-11-16-13-29-19(24-16)17-12-21-5-6-22-17)14-1-3-15(4-2-14)20(27)25-7-9-28-10-8-25/h1-6,12-13H,7-11H2,(H,23,26). The molecule has 29 heavy (non-hydrogen) atoms. The minimum atomic E-state index is -0.218. The molecule has 4 rings (SSSR count). The Hall–Kier alpha value is -3.17. The Balaban J connectivity index is 1.34. The number of rotatable bonds is 5. The first-order valence-electron chi connectivity index (χ1n) is 9.17. The molecule has 1 fully saturated rings. The van der Waals surface area contributed by atoms with E-state index >= 15 is 0 Å². The Morgan fingerprint density at radius 1 is 1.10 bits per heavy atom. The van der Waals surface area contributed by atoms with Crippen LogP contribution in [0.15, 0.2) is 48.2 Å². The molecule has 2 aromatic heterocycles. The predicted molar refractivity (Wildman–Crippen MR) is 107 cm³/mol. The summed E-state index contributed by atoms with van der Waals surface area (Å²) in [4.78, 5) is 39.4. The third kappa shape index (κ3) is 4.64. The van der Waals surface area contributed by atoms with Crippen LogP contribution < -0.4 is 5.32 Å². The quantitative estimate of drug-likeness (QED) is 0.692. The smallest absolute Gasteiger partial charge is 0.254 e. The second-order valence-corrected chi connectivity index (χ2v) is 7.26. The Kier molecular flexibility index (Phi) is 5.87. The molecule has 1 aliphatic heterocycles. The van der Waals surface area contributed by atoms with E-state index in [4.69, 9.17) is 4.74 Å². The van der Waals surface area contributed by atoms with Gasteiger partial charge in [-0.2, -0.15) is 0 Å². The van der Waals surface area contributed by atoms with Crippen molar-refractivity contribution in [3.63, 3.8) is 0 Å². The van der Waals surface area contributed by atoms with E-state index < -0.39 is 0 Å². The van der Waals surface area contributed by atoms with Crippen molar-refractivity contribution >= 4 is 23.2 Å². The van der Waals surface area contributed by atoms with Crippen LogP contribution in [0.2, 0.25) is 0 Å². The number of nitrogens with zero attached hydrogens (tertiary/aromatic N) is 4. The number of thiazole rings is 1. The summed E-state index contributed by atoms with van der Waals surface area (Å²) in [7, 11) is 0. The zero-order valence-electron chi connectivity index (χ0n) is 15.6. The lowest BCUT2D eigenvalue weighted by Gasteiger charge is -2.26. The highest BCUT2D eigenvalue weighted by atomic mass is 32.1. The third-order valence-corrected chi connectivity index (χ3v) is 5.37. The zero-order chi connectivity index (χ0) is 20.1. The molecular weight excluding hydrogens is 390 g/mol. The van der Waals surface area contributed by atoms with Gasteiger partial charge in [0.1, 0.15) is 10.7 Å². The highest BCUT2D eigenvalue weighted by Crippen LogP contribution is 2.20. The van der Waals surface area contributed by atoms with Crippen LogP contribution in [-0.4, -0.2) is 58.0 Å². The number of amides is 2. The van der Waals surface area contributed by atoms with Gasteiger partial charge in [-0.3, -0.25) is 19.6 Å². The Morgan fingerprint density at radius 3 is 2.59 bits per heavy atom. The summed E-state index contributed by atoms with van der Waals surface area (Å²) in [5.41, 5.74) is 2.52. The van der Waals surface area contributed by atoms with E-state index in [1.165, 1.54) is 11.3 Å². The zero-order valence-corrected chi connectivity index (χ0v) is 16.4. The average Bonchev–Trinajstić information content (AvgIpc) is 3.27. The van der Waals surface area contributed by atoms with Crippen LogP contribution in [0.5, 0.6) is 0 Å². The molecule has 1 aliphatic rings. The van der Waals surface area contributed by atoms with Gasteiger partial charge in [0.15, 0.2) is 0 Å². The number of nitrogens with one attached hydrogen (secondary N) is 1. The van der Waals surface area contributed by atoms with Crippen LogP contribution in [0.4, 0.5) is 0 Å². The first kappa shape index (κ1) is 19.2. The van der Waals surface area contributed by atoms with Gasteiger partial charge in [0, 0.05) is 42.0 Å². The third-order valence-electron chi connectivity index (χ3n) is 4.46. The highest BCUT2D eigenvalue weighted by molar-refractivity contribution is 7.13. The van der Waals surface area contributed by atoms with E-state index in [1.807, 2.05) is 5.38 Å². The maximum absolute atomic E-state index is 12.5. The number of hydrogen-bond acceptors (Lipinski definition) is 7. The number of benzene rings is 1. The Bertz CT molecular complexity index is 985. The largest absolute Gasteiger partial charge is 0.378 e. The van der Waals surface area contributed by atoms with Gasteiger partial charge in [-0.05, 0) is 24.3 Å². The molecule has 1 aromatic carbocycles. The molecule has 1 N–H and O–H groups in total. The number of carbonyl (C=O) groups excluding carboxylic acids is 2. The van der Waals surface area contributed by atoms with Crippen molar-refractivity contribution in [3.8, 4) is 10.7 Å². The number of ether oxygens (including phenoxy) is 1. The van der Waals surface area contributed by atoms with Crippen molar-refractivity contribution < 1.29 is 14.3 Å². The minimum absolute atomic E-state index is 0.0423. The summed E-state index contributed by atoms with van der Waals surface area (Å²) >= 11 is 1.45. The number of carbonyl (C=O) groups is 2. The predicted octanol–water partition coefficient (Wildman–Crippen LogP) is 2.00. The molecule has 0 bridgehead atoms. The fourth-order valence-electron chi connectivity index (χ4n) is 2.90. The molecule has 0 saturated carbocycles. The van der Waals surface area contributed by atoms with E-state index in [2.05, 4.69) is 20.3 Å². The van der Waals surface area contributed by atoms with Gasteiger partial charge in [0.2, 0.25) is 0 Å². The SMILES string of the molecule is O=C(NCc1csc(-c2cnccn2)n1)c1ccc(C(=O)N2CCOCC2)cc1. The number of hydrogen-bond donors (Lipinski definition) is 1. The normalized spacial score (nSPS) is 13.9. The molecule has 9 heteroatoms. The van der Waals surface area contributed by atoms with E-state index in [0.29, 0.717) is 49.7 Å². The summed E-state index contributed by atoms with van der Waals surface area (Å²) in [5.74, 6) is -0.260. The maximum Gasteiger partial charge on any atom is 0.254 e. The number of morpholine rings is 1. The number of aromatic nitrogens is 3. The summed E-state index contributed by atoms with van der Waals surface area (Å²) in [6.07, 6.45) is 4.88. The second kappa shape index (κ2) is 8.89. The van der Waals surface area contributed by atoms with Crippen molar-refractivity contribution in [2.24, 2.45) is 0 Å². The lowest BCUT2D eigenvalue weighted by molar-refractivity contribution is 0.0303. The lowest BCUT2D eigenvalue weighted by Crippen LogP contribution is -2.40. The molecule has 0 atom stereocenters. The van der Waals surface area contributed by atoms with Gasteiger partial charge in [-0.15, -0.1) is 11.3 Å². The second-order valence-electron chi connectivity index (χ2n) is 6.40. The Morgan fingerprint density at radius 2 is 1.86 bits per heavy atom. The molecule has 0 aliphatic carbocycles. The molecule has 0 unspecified atom stereocenters. The van der Waals surface area contributed by atoms with Gasteiger partial charge in [0.25, 0.3) is 11.8 Å². The summed E-state index contributed by atoms with van der Waals surface area (Å²) < 4.78 is 5.27. The first-order chi connectivity index (χ1) is 14.2. The van der Waals surface area contributed by atoms with Crippen molar-refractivity contribution in [2.45, 2.75) is 6.54 Å². The van der Waals surface area contributed by atoms with Crippen LogP contribution in [0.3, 0.4) is 0 Å². The first-order valence-corrected chi connectivity index (χ1v) is 10.0. The summed E-state index contributed by atoms with van der Waals surface area (Å²) in [5, 5.41) is 5.49. The molecule has 0 radical (unpaired) electrons. The molecule has 1 saturated heterocycles. The monoisotopic (exact) mass is 409 g/mol. The Labute approximate surface area is 171 Å². The van der Waals surface area contributed by atoms with Crippen molar-refractivity contribution in [1.29, 1.82) is 0 Å². The molecule has 2 amide bonds. The van der Waals surface area contributed by atoms with Gasteiger partial charge in [0.05, 0.1) is 31.6 Å². The van der Waals surface area contributed by atoms with E-state index in [9.17, 15) is 9.59 Å². The van der Waals surface area contributed by atoms with Crippen LogP contribution >= 0.6 is 11.3 Å². The molecular formula is C20H19N5O3S. The summed E-state index contributed by atoms with van der Waals surface area (Å²) in [6.45, 7) is 2.60. The molecule has 3 heterocycles. The van der Waals surface area contributed by atoms with Crippen molar-refractivity contribution in [3.05, 3.63) is 65.1 Å². The van der Waals surface area contributed by atoms with E-state index in [-0.39, 0.29) is 11.8 Å². The molecule has 0 spiro atoms. The van der Waals surface area contributed by atoms with Crippen LogP contribution in [0, 0.1) is 0 Å². The van der Waals surface area contributed by atoms with Gasteiger partial charge in [-0.1, -0.05) is 0 Å². The fraction of sp³-hybridized carbons (Fsp3) is 0.250. The molecule has 8 nitrogen and oxygen atoms in total.